The number of rotatable bonds is 5. The lowest BCUT2D eigenvalue weighted by Gasteiger charge is -2.29. The van der Waals surface area contributed by atoms with Crippen molar-refractivity contribution < 1.29 is 9.84 Å². The summed E-state index contributed by atoms with van der Waals surface area (Å²) < 4.78 is 6.52. The first-order chi connectivity index (χ1) is 8.75. The topological polar surface area (TPSA) is 44.7 Å². The minimum absolute atomic E-state index is 0.326. The van der Waals surface area contributed by atoms with E-state index in [0.717, 1.165) is 36.4 Å². The van der Waals surface area contributed by atoms with Crippen LogP contribution in [0.1, 0.15) is 0 Å². The first-order valence-electron chi connectivity index (χ1n) is 6.24. The van der Waals surface area contributed by atoms with E-state index in [1.54, 1.807) is 0 Å². The van der Waals surface area contributed by atoms with Crippen molar-refractivity contribution in [3.8, 4) is 5.75 Å². The maximum atomic E-state index is 9.95. The number of hydrogen-bond donors (Lipinski definition) is 2. The smallest absolute Gasteiger partial charge is 0.133 e. The van der Waals surface area contributed by atoms with E-state index in [2.05, 4.69) is 26.1 Å². The minimum atomic E-state index is -0.449. The van der Waals surface area contributed by atoms with E-state index in [1.807, 2.05) is 24.3 Å². The van der Waals surface area contributed by atoms with Gasteiger partial charge in [0.15, 0.2) is 0 Å². The highest BCUT2D eigenvalue weighted by Gasteiger charge is 2.14. The molecule has 0 amide bonds. The Bertz CT molecular complexity index is 370. The van der Waals surface area contributed by atoms with Gasteiger partial charge in [-0.3, -0.25) is 4.90 Å². The van der Waals surface area contributed by atoms with Crippen molar-refractivity contribution in [2.45, 2.75) is 6.10 Å². The molecule has 1 aliphatic rings. The van der Waals surface area contributed by atoms with Crippen molar-refractivity contribution in [2.24, 2.45) is 0 Å². The molecule has 0 unspecified atom stereocenters. The van der Waals surface area contributed by atoms with Gasteiger partial charge in [-0.25, -0.2) is 0 Å². The first kappa shape index (κ1) is 13.8. The average molecular weight is 315 g/mol. The summed E-state index contributed by atoms with van der Waals surface area (Å²) in [4.78, 5) is 2.25. The first-order valence-corrected chi connectivity index (χ1v) is 7.03. The molecule has 0 aromatic heterocycles. The van der Waals surface area contributed by atoms with Crippen LogP contribution < -0.4 is 10.1 Å². The van der Waals surface area contributed by atoms with Crippen LogP contribution >= 0.6 is 15.9 Å². The molecule has 2 N–H and O–H groups in total. The summed E-state index contributed by atoms with van der Waals surface area (Å²) in [6.45, 7) is 4.98. The van der Waals surface area contributed by atoms with E-state index >= 15 is 0 Å². The van der Waals surface area contributed by atoms with Gasteiger partial charge >= 0.3 is 0 Å². The van der Waals surface area contributed by atoms with Crippen molar-refractivity contribution in [3.05, 3.63) is 28.7 Å². The Hall–Kier alpha value is -0.620. The van der Waals surface area contributed by atoms with Gasteiger partial charge in [0, 0.05) is 32.7 Å². The average Bonchev–Trinajstić information content (AvgIpc) is 2.39. The zero-order valence-electron chi connectivity index (χ0n) is 10.3. The van der Waals surface area contributed by atoms with Crippen molar-refractivity contribution in [1.29, 1.82) is 0 Å². The molecule has 1 saturated heterocycles. The summed E-state index contributed by atoms with van der Waals surface area (Å²) in [6.07, 6.45) is -0.449. The molecule has 1 aliphatic heterocycles. The van der Waals surface area contributed by atoms with Gasteiger partial charge in [0.05, 0.1) is 4.47 Å². The Balaban J connectivity index is 1.74. The second kappa shape index (κ2) is 7.09. The summed E-state index contributed by atoms with van der Waals surface area (Å²) >= 11 is 3.42. The van der Waals surface area contributed by atoms with Crippen LogP contribution in [0.4, 0.5) is 0 Å². The summed E-state index contributed by atoms with van der Waals surface area (Å²) in [6, 6.07) is 7.68. The number of ether oxygens (including phenoxy) is 1. The second-order valence-corrected chi connectivity index (χ2v) is 5.30. The maximum Gasteiger partial charge on any atom is 0.133 e. The molecular weight excluding hydrogens is 296 g/mol. The van der Waals surface area contributed by atoms with Crippen LogP contribution in [0.2, 0.25) is 0 Å². The number of hydrogen-bond acceptors (Lipinski definition) is 4. The molecule has 4 nitrogen and oxygen atoms in total. The number of β-amino-alcohol motifs (C(OH)–C–C–N with tert-alkyl or cyclic N) is 1. The highest BCUT2D eigenvalue weighted by atomic mass is 79.9. The van der Waals surface area contributed by atoms with E-state index < -0.39 is 6.10 Å². The van der Waals surface area contributed by atoms with Gasteiger partial charge in [0.1, 0.15) is 18.5 Å². The summed E-state index contributed by atoms with van der Waals surface area (Å²) in [5, 5.41) is 13.2. The van der Waals surface area contributed by atoms with E-state index in [0.29, 0.717) is 13.2 Å². The second-order valence-electron chi connectivity index (χ2n) is 4.45. The van der Waals surface area contributed by atoms with Crippen molar-refractivity contribution in [2.75, 3.05) is 39.3 Å². The molecule has 18 heavy (non-hydrogen) atoms. The lowest BCUT2D eigenvalue weighted by atomic mass is 10.3. The number of nitrogens with one attached hydrogen (secondary N) is 1. The lowest BCUT2D eigenvalue weighted by Crippen LogP contribution is -2.47. The van der Waals surface area contributed by atoms with Crippen LogP contribution in [0.5, 0.6) is 5.75 Å². The van der Waals surface area contributed by atoms with Crippen LogP contribution in [0.3, 0.4) is 0 Å². The van der Waals surface area contributed by atoms with Gasteiger partial charge in [0.25, 0.3) is 0 Å². The SMILES string of the molecule is O[C@H](COc1ccccc1Br)CN1CCNCC1. The van der Waals surface area contributed by atoms with Crippen LogP contribution in [0.15, 0.2) is 28.7 Å². The normalized spacial score (nSPS) is 18.6. The highest BCUT2D eigenvalue weighted by Crippen LogP contribution is 2.23. The number of piperazine rings is 1. The standard InChI is InChI=1S/C13H19BrN2O2/c14-12-3-1-2-4-13(12)18-10-11(17)9-16-7-5-15-6-8-16/h1-4,11,15,17H,5-10H2/t11-/m0/s1. The predicted molar refractivity (Wildman–Crippen MR) is 75.0 cm³/mol. The summed E-state index contributed by atoms with van der Waals surface area (Å²) in [5.41, 5.74) is 0. The monoisotopic (exact) mass is 314 g/mol. The Morgan fingerprint density at radius 1 is 1.33 bits per heavy atom. The van der Waals surface area contributed by atoms with Crippen LogP contribution in [-0.2, 0) is 0 Å². The van der Waals surface area contributed by atoms with Crippen LogP contribution in [-0.4, -0.2) is 55.4 Å². The molecule has 0 aliphatic carbocycles. The summed E-state index contributed by atoms with van der Waals surface area (Å²) in [5.74, 6) is 0.775. The zero-order valence-corrected chi connectivity index (χ0v) is 11.9. The number of aliphatic hydroxyl groups excluding tert-OH is 1. The Labute approximate surface area is 116 Å². The minimum Gasteiger partial charge on any atom is -0.490 e. The van der Waals surface area contributed by atoms with Gasteiger partial charge in [-0.15, -0.1) is 0 Å². The van der Waals surface area contributed by atoms with Gasteiger partial charge in [-0.05, 0) is 28.1 Å². The van der Waals surface area contributed by atoms with Gasteiger partial charge in [0.2, 0.25) is 0 Å². The lowest BCUT2D eigenvalue weighted by molar-refractivity contribution is 0.0639. The van der Waals surface area contributed by atoms with E-state index in [4.69, 9.17) is 4.74 Å². The highest BCUT2D eigenvalue weighted by molar-refractivity contribution is 9.10. The molecule has 0 spiro atoms. The third kappa shape index (κ3) is 4.24. The van der Waals surface area contributed by atoms with E-state index in [9.17, 15) is 5.11 Å². The molecule has 1 fully saturated rings. The number of para-hydroxylation sites is 1. The maximum absolute atomic E-state index is 9.95. The molecular formula is C13H19BrN2O2. The number of aliphatic hydroxyl groups is 1. The van der Waals surface area contributed by atoms with Crippen molar-refractivity contribution >= 4 is 15.9 Å². The zero-order chi connectivity index (χ0) is 12.8. The fourth-order valence-corrected chi connectivity index (χ4v) is 2.39. The van der Waals surface area contributed by atoms with E-state index in [1.165, 1.54) is 0 Å². The van der Waals surface area contributed by atoms with Gasteiger partial charge in [-0.2, -0.15) is 0 Å². The molecule has 2 rings (SSSR count). The molecule has 0 saturated carbocycles. The Morgan fingerprint density at radius 2 is 2.06 bits per heavy atom. The molecule has 5 heteroatoms. The molecule has 1 heterocycles. The number of nitrogens with zero attached hydrogens (tertiary/aromatic N) is 1. The predicted octanol–water partition coefficient (Wildman–Crippen LogP) is 1.09. The third-order valence-electron chi connectivity index (χ3n) is 2.95. The van der Waals surface area contributed by atoms with Crippen LogP contribution in [0.25, 0.3) is 0 Å². The number of benzene rings is 1. The van der Waals surface area contributed by atoms with Crippen LogP contribution in [0, 0.1) is 0 Å². The third-order valence-corrected chi connectivity index (χ3v) is 3.60. The molecule has 1 aromatic rings. The molecule has 1 aromatic carbocycles. The molecule has 0 radical (unpaired) electrons. The Morgan fingerprint density at radius 3 is 2.78 bits per heavy atom. The molecule has 1 atom stereocenters. The van der Waals surface area contributed by atoms with Crippen molar-refractivity contribution in [3.63, 3.8) is 0 Å². The van der Waals surface area contributed by atoms with E-state index in [-0.39, 0.29) is 0 Å². The van der Waals surface area contributed by atoms with Gasteiger partial charge in [-0.1, -0.05) is 12.1 Å². The fraction of sp³-hybridized carbons (Fsp3) is 0.538. The van der Waals surface area contributed by atoms with Gasteiger partial charge < -0.3 is 15.2 Å². The number of halogens is 1. The van der Waals surface area contributed by atoms with Crippen molar-refractivity contribution in [1.82, 2.24) is 10.2 Å². The summed E-state index contributed by atoms with van der Waals surface area (Å²) in [7, 11) is 0. The molecule has 0 bridgehead atoms. The Kier molecular flexibility index (Phi) is 5.44. The molecule has 100 valence electrons. The fourth-order valence-electron chi connectivity index (χ4n) is 1.99. The quantitative estimate of drug-likeness (QED) is 0.854. The largest absolute Gasteiger partial charge is 0.490 e.